The molecule has 7 heteroatoms. The predicted molar refractivity (Wildman–Crippen MR) is 87.4 cm³/mol. The minimum Gasteiger partial charge on any atom is -0.381 e. The van der Waals surface area contributed by atoms with Gasteiger partial charge in [-0.15, -0.1) is 0 Å². The Kier molecular flexibility index (Phi) is 5.84. The van der Waals surface area contributed by atoms with E-state index in [4.69, 9.17) is 9.47 Å². The molecule has 0 unspecified atom stereocenters. The summed E-state index contributed by atoms with van der Waals surface area (Å²) in [6, 6.07) is -0.0450. The molecule has 3 aliphatic heterocycles. The Hall–Kier alpha value is -0.500. The van der Waals surface area contributed by atoms with Crippen molar-refractivity contribution in [2.75, 3.05) is 64.1 Å². The van der Waals surface area contributed by atoms with Crippen molar-refractivity contribution in [2.24, 2.45) is 5.92 Å². The van der Waals surface area contributed by atoms with Gasteiger partial charge < -0.3 is 20.1 Å². The summed E-state index contributed by atoms with van der Waals surface area (Å²) < 4.78 is 10.8. The SMILES string of the molecule is O=C(NC[C@@H]1CCOC1)NC[C@]1(N2CCOCC2)CCSC1. The lowest BCUT2D eigenvalue weighted by atomic mass is 9.95. The number of carbonyl (C=O) groups excluding carboxylic acids is 1. The van der Waals surface area contributed by atoms with Crippen LogP contribution in [0.25, 0.3) is 0 Å². The second-order valence-electron chi connectivity index (χ2n) is 6.42. The highest BCUT2D eigenvalue weighted by molar-refractivity contribution is 7.99. The summed E-state index contributed by atoms with van der Waals surface area (Å²) in [5.74, 6) is 2.75. The zero-order chi connectivity index (χ0) is 15.3. The van der Waals surface area contributed by atoms with Crippen LogP contribution in [0.4, 0.5) is 4.79 Å². The molecule has 3 saturated heterocycles. The van der Waals surface area contributed by atoms with Crippen molar-refractivity contribution in [1.82, 2.24) is 15.5 Å². The van der Waals surface area contributed by atoms with Crippen molar-refractivity contribution in [3.05, 3.63) is 0 Å². The van der Waals surface area contributed by atoms with Gasteiger partial charge in [0.05, 0.1) is 19.8 Å². The Balaban J connectivity index is 1.45. The van der Waals surface area contributed by atoms with Gasteiger partial charge in [-0.1, -0.05) is 0 Å². The van der Waals surface area contributed by atoms with Gasteiger partial charge in [0.2, 0.25) is 0 Å². The van der Waals surface area contributed by atoms with Gasteiger partial charge in [-0.05, 0) is 18.6 Å². The van der Waals surface area contributed by atoms with Gasteiger partial charge in [0.15, 0.2) is 0 Å². The van der Waals surface area contributed by atoms with E-state index < -0.39 is 0 Å². The van der Waals surface area contributed by atoms with Crippen molar-refractivity contribution in [2.45, 2.75) is 18.4 Å². The van der Waals surface area contributed by atoms with Gasteiger partial charge in [-0.2, -0.15) is 11.8 Å². The van der Waals surface area contributed by atoms with Crippen LogP contribution in [0.2, 0.25) is 0 Å². The van der Waals surface area contributed by atoms with Crippen LogP contribution in [0.15, 0.2) is 0 Å². The Labute approximate surface area is 136 Å². The molecule has 3 aliphatic rings. The molecule has 0 spiro atoms. The van der Waals surface area contributed by atoms with Crippen LogP contribution in [-0.2, 0) is 9.47 Å². The maximum Gasteiger partial charge on any atom is 0.314 e. The minimum atomic E-state index is -0.0450. The molecule has 3 rings (SSSR count). The Bertz CT molecular complexity index is 365. The molecule has 2 atom stereocenters. The van der Waals surface area contributed by atoms with E-state index in [0.717, 1.165) is 64.7 Å². The largest absolute Gasteiger partial charge is 0.381 e. The summed E-state index contributed by atoms with van der Waals surface area (Å²) in [6.45, 7) is 6.60. The highest BCUT2D eigenvalue weighted by Gasteiger charge is 2.40. The molecule has 22 heavy (non-hydrogen) atoms. The Morgan fingerprint density at radius 2 is 2.09 bits per heavy atom. The predicted octanol–water partition coefficient (Wildman–Crippen LogP) is 0.530. The molecule has 2 amide bonds. The maximum atomic E-state index is 12.1. The lowest BCUT2D eigenvalue weighted by Crippen LogP contribution is -2.60. The highest BCUT2D eigenvalue weighted by Crippen LogP contribution is 2.33. The molecule has 0 aliphatic carbocycles. The van der Waals surface area contributed by atoms with Gasteiger partial charge in [0.25, 0.3) is 0 Å². The first-order valence-electron chi connectivity index (χ1n) is 8.28. The fraction of sp³-hybridized carbons (Fsp3) is 0.933. The molecular weight excluding hydrogens is 302 g/mol. The van der Waals surface area contributed by atoms with Crippen LogP contribution in [0.1, 0.15) is 12.8 Å². The number of morpholine rings is 1. The standard InChI is InChI=1S/C15H27N3O3S/c19-14(16-9-13-1-5-21-10-13)17-11-15(2-8-22-12-15)18-3-6-20-7-4-18/h13H,1-12H2,(H2,16,17,19)/t13-,15+/m0/s1. The molecule has 3 fully saturated rings. The number of urea groups is 1. The maximum absolute atomic E-state index is 12.1. The third-order valence-corrected chi connectivity index (χ3v) is 6.15. The van der Waals surface area contributed by atoms with Crippen LogP contribution in [-0.4, -0.2) is 80.6 Å². The van der Waals surface area contributed by atoms with E-state index in [-0.39, 0.29) is 11.6 Å². The van der Waals surface area contributed by atoms with Crippen molar-refractivity contribution >= 4 is 17.8 Å². The Morgan fingerprint density at radius 1 is 1.23 bits per heavy atom. The fourth-order valence-electron chi connectivity index (χ4n) is 3.42. The lowest BCUT2D eigenvalue weighted by molar-refractivity contribution is -0.0124. The zero-order valence-electron chi connectivity index (χ0n) is 13.1. The minimum absolute atomic E-state index is 0.0450. The summed E-state index contributed by atoms with van der Waals surface area (Å²) in [5.41, 5.74) is 0.113. The van der Waals surface area contributed by atoms with Crippen molar-refractivity contribution in [1.29, 1.82) is 0 Å². The first kappa shape index (κ1) is 16.4. The number of thioether (sulfide) groups is 1. The monoisotopic (exact) mass is 329 g/mol. The van der Waals surface area contributed by atoms with Crippen LogP contribution in [0, 0.1) is 5.92 Å². The molecule has 6 nitrogen and oxygen atoms in total. The molecule has 0 aromatic carbocycles. The molecule has 2 N–H and O–H groups in total. The number of hydrogen-bond donors (Lipinski definition) is 2. The molecule has 0 aromatic heterocycles. The number of amides is 2. The second-order valence-corrected chi connectivity index (χ2v) is 7.52. The van der Waals surface area contributed by atoms with E-state index >= 15 is 0 Å². The van der Waals surface area contributed by atoms with Crippen LogP contribution in [0.5, 0.6) is 0 Å². The van der Waals surface area contributed by atoms with E-state index in [9.17, 15) is 4.79 Å². The summed E-state index contributed by atoms with van der Waals surface area (Å²) in [7, 11) is 0. The zero-order valence-corrected chi connectivity index (χ0v) is 14.0. The van der Waals surface area contributed by atoms with E-state index in [0.29, 0.717) is 12.5 Å². The van der Waals surface area contributed by atoms with Gasteiger partial charge in [0.1, 0.15) is 0 Å². The smallest absolute Gasteiger partial charge is 0.314 e. The molecule has 0 aromatic rings. The van der Waals surface area contributed by atoms with E-state index in [1.165, 1.54) is 5.75 Å². The van der Waals surface area contributed by atoms with Crippen LogP contribution in [0.3, 0.4) is 0 Å². The molecule has 0 bridgehead atoms. The van der Waals surface area contributed by atoms with E-state index in [2.05, 4.69) is 15.5 Å². The number of hydrogen-bond acceptors (Lipinski definition) is 5. The fourth-order valence-corrected chi connectivity index (χ4v) is 4.90. The topological polar surface area (TPSA) is 62.8 Å². The summed E-state index contributed by atoms with van der Waals surface area (Å²) in [4.78, 5) is 14.6. The van der Waals surface area contributed by atoms with Crippen LogP contribution >= 0.6 is 11.8 Å². The highest BCUT2D eigenvalue weighted by atomic mass is 32.2. The number of nitrogens with one attached hydrogen (secondary N) is 2. The van der Waals surface area contributed by atoms with Crippen LogP contribution < -0.4 is 10.6 Å². The molecule has 126 valence electrons. The molecular formula is C15H27N3O3S. The molecule has 0 saturated carbocycles. The average Bonchev–Trinajstić information content (AvgIpc) is 3.24. The third kappa shape index (κ3) is 4.07. The number of rotatable bonds is 5. The molecule has 0 radical (unpaired) electrons. The normalized spacial score (nSPS) is 33.0. The lowest BCUT2D eigenvalue weighted by Gasteiger charge is -2.43. The van der Waals surface area contributed by atoms with E-state index in [1.54, 1.807) is 0 Å². The second kappa shape index (κ2) is 7.86. The van der Waals surface area contributed by atoms with Gasteiger partial charge in [-0.3, -0.25) is 4.90 Å². The number of nitrogens with zero attached hydrogens (tertiary/aromatic N) is 1. The summed E-state index contributed by atoms with van der Waals surface area (Å²) >= 11 is 1.99. The summed E-state index contributed by atoms with van der Waals surface area (Å²) in [6.07, 6.45) is 2.20. The van der Waals surface area contributed by atoms with Crippen molar-refractivity contribution in [3.63, 3.8) is 0 Å². The quantitative estimate of drug-likeness (QED) is 0.770. The first-order valence-corrected chi connectivity index (χ1v) is 9.44. The first-order chi connectivity index (χ1) is 10.8. The average molecular weight is 329 g/mol. The number of ether oxygens (including phenoxy) is 2. The van der Waals surface area contributed by atoms with Crippen molar-refractivity contribution in [3.8, 4) is 0 Å². The van der Waals surface area contributed by atoms with Crippen molar-refractivity contribution < 1.29 is 14.3 Å². The van der Waals surface area contributed by atoms with Gasteiger partial charge >= 0.3 is 6.03 Å². The molecule has 3 heterocycles. The number of carbonyl (C=O) groups is 1. The summed E-state index contributed by atoms with van der Waals surface area (Å²) in [5, 5.41) is 6.09. The van der Waals surface area contributed by atoms with Gasteiger partial charge in [0, 0.05) is 50.0 Å². The van der Waals surface area contributed by atoms with E-state index in [1.807, 2.05) is 11.8 Å². The van der Waals surface area contributed by atoms with Gasteiger partial charge in [-0.25, -0.2) is 4.79 Å². The third-order valence-electron chi connectivity index (χ3n) is 4.92. The Morgan fingerprint density at radius 3 is 2.77 bits per heavy atom.